The lowest BCUT2D eigenvalue weighted by molar-refractivity contribution is -0.136. The molecule has 2 aromatic rings. The summed E-state index contributed by atoms with van der Waals surface area (Å²) in [5.74, 6) is 0.432. The number of carbonyl (C=O) groups excluding carboxylic acids is 2. The predicted octanol–water partition coefficient (Wildman–Crippen LogP) is 2.02. The lowest BCUT2D eigenvalue weighted by Crippen LogP contribution is -2.42. The molecule has 0 saturated heterocycles. The third-order valence-corrected chi connectivity index (χ3v) is 4.36. The van der Waals surface area contributed by atoms with Crippen LogP contribution in [0.1, 0.15) is 32.0 Å². The molecule has 0 bridgehead atoms. The molecular weight excluding hydrogens is 306 g/mol. The molecule has 3 N–H and O–H groups in total. The molecule has 0 aliphatic heterocycles. The first-order valence-corrected chi connectivity index (χ1v) is 8.14. The van der Waals surface area contributed by atoms with Crippen LogP contribution in [0.15, 0.2) is 24.3 Å². The number of nitrogens with zero attached hydrogens (tertiary/aromatic N) is 2. The van der Waals surface area contributed by atoms with Gasteiger partial charge in [0.2, 0.25) is 0 Å². The lowest BCUT2D eigenvalue weighted by Gasteiger charge is -2.16. The topological polar surface area (TPSA) is 99.8 Å². The summed E-state index contributed by atoms with van der Waals surface area (Å²) in [6, 6.07) is 7.19. The monoisotopic (exact) mass is 327 g/mol. The van der Waals surface area contributed by atoms with Crippen LogP contribution >= 0.6 is 0 Å². The number of nitrogens with one attached hydrogen (secondary N) is 3. The van der Waals surface area contributed by atoms with Gasteiger partial charge in [-0.05, 0) is 37.8 Å². The molecule has 1 fully saturated rings. The Morgan fingerprint density at radius 3 is 2.75 bits per heavy atom. The van der Waals surface area contributed by atoms with Gasteiger partial charge in [-0.2, -0.15) is 5.10 Å². The van der Waals surface area contributed by atoms with Crippen molar-refractivity contribution in [2.24, 2.45) is 5.92 Å². The van der Waals surface area contributed by atoms with Crippen molar-refractivity contribution in [2.45, 2.75) is 39.2 Å². The molecule has 1 saturated carbocycles. The molecule has 1 heterocycles. The minimum absolute atomic E-state index is 0.0887. The second-order valence-corrected chi connectivity index (χ2v) is 6.27. The number of hydrogen-bond donors (Lipinski definition) is 3. The Morgan fingerprint density at radius 1 is 1.25 bits per heavy atom. The maximum absolute atomic E-state index is 12.1. The van der Waals surface area contributed by atoms with E-state index in [9.17, 15) is 9.59 Å². The minimum Gasteiger partial charge on any atom is -0.345 e. The van der Waals surface area contributed by atoms with Crippen molar-refractivity contribution < 1.29 is 9.59 Å². The smallest absolute Gasteiger partial charge is 0.313 e. The molecule has 0 unspecified atom stereocenters. The van der Waals surface area contributed by atoms with E-state index in [-0.39, 0.29) is 6.04 Å². The second-order valence-electron chi connectivity index (χ2n) is 6.27. The standard InChI is InChI=1S/C17H21N5O2/c1-10-5-3-8-14(10)20-17(24)16(23)19-13-7-4-6-12(9-13)15-18-11(2)21-22-15/h4,6-7,9-10,14H,3,5,8H2,1-2H3,(H,19,23)(H,20,24)(H,18,21,22)/t10-,14+/m0/s1. The fraction of sp³-hybridized carbons (Fsp3) is 0.412. The van der Waals surface area contributed by atoms with Gasteiger partial charge in [0.15, 0.2) is 5.82 Å². The van der Waals surface area contributed by atoms with Gasteiger partial charge in [-0.15, -0.1) is 0 Å². The largest absolute Gasteiger partial charge is 0.345 e. The van der Waals surface area contributed by atoms with E-state index in [1.807, 2.05) is 13.0 Å². The molecule has 7 heteroatoms. The number of aryl methyl sites for hydroxylation is 1. The number of amides is 2. The highest BCUT2D eigenvalue weighted by Gasteiger charge is 2.27. The van der Waals surface area contributed by atoms with Gasteiger partial charge in [-0.3, -0.25) is 14.7 Å². The molecule has 0 radical (unpaired) electrons. The number of H-pyrrole nitrogens is 1. The van der Waals surface area contributed by atoms with Gasteiger partial charge in [0.1, 0.15) is 5.82 Å². The molecule has 1 aliphatic rings. The van der Waals surface area contributed by atoms with E-state index in [4.69, 9.17) is 0 Å². The summed E-state index contributed by atoms with van der Waals surface area (Å²) in [5.41, 5.74) is 1.30. The average molecular weight is 327 g/mol. The highest BCUT2D eigenvalue weighted by atomic mass is 16.2. The average Bonchev–Trinajstić information content (AvgIpc) is 3.16. The molecule has 7 nitrogen and oxygen atoms in total. The molecule has 0 spiro atoms. The van der Waals surface area contributed by atoms with Crippen LogP contribution in [0.25, 0.3) is 11.4 Å². The van der Waals surface area contributed by atoms with E-state index < -0.39 is 11.8 Å². The van der Waals surface area contributed by atoms with Crippen LogP contribution in [0, 0.1) is 12.8 Å². The normalized spacial score (nSPS) is 19.9. The molecule has 2 atom stereocenters. The zero-order chi connectivity index (χ0) is 17.1. The van der Waals surface area contributed by atoms with Gasteiger partial charge in [0.05, 0.1) is 0 Å². The Bertz CT molecular complexity index is 755. The van der Waals surface area contributed by atoms with Gasteiger partial charge < -0.3 is 10.6 Å². The third-order valence-electron chi connectivity index (χ3n) is 4.36. The number of anilines is 1. The number of hydrogen-bond acceptors (Lipinski definition) is 4. The summed E-state index contributed by atoms with van der Waals surface area (Å²) in [7, 11) is 0. The SMILES string of the molecule is Cc1nc(-c2cccc(NC(=O)C(=O)N[C@@H]3CCC[C@@H]3C)c2)n[nH]1. The second kappa shape index (κ2) is 6.82. The molecule has 1 aromatic carbocycles. The Labute approximate surface area is 140 Å². The number of aromatic nitrogens is 3. The van der Waals surface area contributed by atoms with Crippen molar-refractivity contribution in [1.82, 2.24) is 20.5 Å². The number of carbonyl (C=O) groups is 2. The first kappa shape index (κ1) is 16.2. The molecule has 2 amide bonds. The first-order valence-electron chi connectivity index (χ1n) is 8.14. The maximum atomic E-state index is 12.1. The summed E-state index contributed by atoms with van der Waals surface area (Å²) < 4.78 is 0. The van der Waals surface area contributed by atoms with E-state index in [0.29, 0.717) is 23.3 Å². The quantitative estimate of drug-likeness (QED) is 0.751. The molecule has 126 valence electrons. The van der Waals surface area contributed by atoms with Crippen molar-refractivity contribution in [3.05, 3.63) is 30.1 Å². The van der Waals surface area contributed by atoms with Crippen LogP contribution in [0.3, 0.4) is 0 Å². The fourth-order valence-electron chi connectivity index (χ4n) is 2.99. The van der Waals surface area contributed by atoms with Gasteiger partial charge in [-0.1, -0.05) is 25.5 Å². The van der Waals surface area contributed by atoms with E-state index >= 15 is 0 Å². The Hall–Kier alpha value is -2.70. The van der Waals surface area contributed by atoms with Crippen LogP contribution in [-0.4, -0.2) is 33.0 Å². The summed E-state index contributed by atoms with van der Waals surface area (Å²) >= 11 is 0. The fourth-order valence-corrected chi connectivity index (χ4v) is 2.99. The van der Waals surface area contributed by atoms with Crippen LogP contribution in [0.4, 0.5) is 5.69 Å². The molecule has 24 heavy (non-hydrogen) atoms. The first-order chi connectivity index (χ1) is 11.5. The van der Waals surface area contributed by atoms with E-state index in [0.717, 1.165) is 24.8 Å². The van der Waals surface area contributed by atoms with Crippen molar-refractivity contribution in [3.8, 4) is 11.4 Å². The summed E-state index contributed by atoms with van der Waals surface area (Å²) in [6.07, 6.45) is 3.11. The number of benzene rings is 1. The molecule has 1 aromatic heterocycles. The summed E-state index contributed by atoms with van der Waals surface area (Å²) in [5, 5.41) is 12.3. The Balaban J connectivity index is 1.65. The van der Waals surface area contributed by atoms with Gasteiger partial charge in [0, 0.05) is 17.3 Å². The Morgan fingerprint density at radius 2 is 2.08 bits per heavy atom. The zero-order valence-corrected chi connectivity index (χ0v) is 13.8. The van der Waals surface area contributed by atoms with Gasteiger partial charge in [0.25, 0.3) is 0 Å². The molecular formula is C17H21N5O2. The minimum atomic E-state index is -0.655. The van der Waals surface area contributed by atoms with Crippen molar-refractivity contribution in [2.75, 3.05) is 5.32 Å². The molecule has 3 rings (SSSR count). The maximum Gasteiger partial charge on any atom is 0.313 e. The third kappa shape index (κ3) is 3.61. The van der Waals surface area contributed by atoms with Crippen molar-refractivity contribution in [1.29, 1.82) is 0 Å². The Kier molecular flexibility index (Phi) is 4.59. The zero-order valence-electron chi connectivity index (χ0n) is 13.8. The number of rotatable bonds is 3. The molecule has 1 aliphatic carbocycles. The van der Waals surface area contributed by atoms with E-state index in [1.165, 1.54) is 0 Å². The van der Waals surface area contributed by atoms with E-state index in [2.05, 4.69) is 32.7 Å². The highest BCUT2D eigenvalue weighted by molar-refractivity contribution is 6.39. The summed E-state index contributed by atoms with van der Waals surface area (Å²) in [4.78, 5) is 28.4. The van der Waals surface area contributed by atoms with Crippen LogP contribution < -0.4 is 10.6 Å². The van der Waals surface area contributed by atoms with Crippen LogP contribution in [-0.2, 0) is 9.59 Å². The van der Waals surface area contributed by atoms with Crippen LogP contribution in [0.5, 0.6) is 0 Å². The van der Waals surface area contributed by atoms with E-state index in [1.54, 1.807) is 18.2 Å². The van der Waals surface area contributed by atoms with Crippen LogP contribution in [0.2, 0.25) is 0 Å². The highest BCUT2D eigenvalue weighted by Crippen LogP contribution is 2.24. The number of aromatic amines is 1. The van der Waals surface area contributed by atoms with Crippen molar-refractivity contribution >= 4 is 17.5 Å². The van der Waals surface area contributed by atoms with Gasteiger partial charge >= 0.3 is 11.8 Å². The lowest BCUT2D eigenvalue weighted by atomic mass is 10.1. The van der Waals surface area contributed by atoms with Crippen molar-refractivity contribution in [3.63, 3.8) is 0 Å². The van der Waals surface area contributed by atoms with Gasteiger partial charge in [-0.25, -0.2) is 4.98 Å². The predicted molar refractivity (Wildman–Crippen MR) is 90.1 cm³/mol. The summed E-state index contributed by atoms with van der Waals surface area (Å²) in [6.45, 7) is 3.91.